The van der Waals surface area contributed by atoms with Crippen molar-refractivity contribution in [3.63, 3.8) is 0 Å². The zero-order valence-electron chi connectivity index (χ0n) is 3.20. The first-order valence-electron chi connectivity index (χ1n) is 0.200. The Morgan fingerprint density at radius 2 is 1.00 bits per heavy atom. The van der Waals surface area contributed by atoms with Gasteiger partial charge in [-0.15, -0.1) is 0 Å². The van der Waals surface area contributed by atoms with E-state index >= 15 is 0 Å². The summed E-state index contributed by atoms with van der Waals surface area (Å²) in [5, 5.41) is 12.0. The van der Waals surface area contributed by atoms with Crippen molar-refractivity contribution in [3.05, 3.63) is 0 Å². The molecule has 6 heavy (non-hydrogen) atoms. The first-order valence-corrected chi connectivity index (χ1v) is 0.200. The van der Waals surface area contributed by atoms with Crippen molar-refractivity contribution in [1.29, 1.82) is 0 Å². The van der Waals surface area contributed by atoms with E-state index in [2.05, 4.69) is 0 Å². The molecule has 34 valence electrons. The van der Waals surface area contributed by atoms with Crippen LogP contribution in [0.3, 0.4) is 0 Å². The molecule has 0 aliphatic carbocycles. The van der Waals surface area contributed by atoms with Gasteiger partial charge in [0.05, 0.1) is 0 Å². The van der Waals surface area contributed by atoms with Gasteiger partial charge in [0, 0.05) is 38.8 Å². The Kier molecular flexibility index (Phi) is 420. The van der Waals surface area contributed by atoms with Gasteiger partial charge in [0.1, 0.15) is 0 Å². The molecule has 3 nitrogen and oxygen atoms in total. The van der Waals surface area contributed by atoms with Crippen molar-refractivity contribution in [2.24, 2.45) is 0 Å². The van der Waals surface area contributed by atoms with E-state index in [1.165, 1.54) is 0 Å². The van der Waals surface area contributed by atoms with Crippen LogP contribution in [0.4, 0.5) is 0 Å². The second-order valence-corrected chi connectivity index (χ2v) is 0. The maximum absolute atomic E-state index is 6.00. The molecular weight excluding hydrogens is 175 g/mol. The van der Waals surface area contributed by atoms with Crippen LogP contribution >= 0.6 is 0 Å². The summed E-state index contributed by atoms with van der Waals surface area (Å²) >= 11 is 0. The van der Waals surface area contributed by atoms with E-state index in [0.717, 1.165) is 0 Å². The average Bonchev–Trinajstić information content (AvgIpc) is 1.00. The number of rotatable bonds is 0. The molecular formula is H3FeNaO3Ti. The summed E-state index contributed by atoms with van der Waals surface area (Å²) in [7, 11) is 0. The third-order valence-electron chi connectivity index (χ3n) is 0. The van der Waals surface area contributed by atoms with Gasteiger partial charge in [0.25, 0.3) is 0 Å². The van der Waals surface area contributed by atoms with Crippen molar-refractivity contribution < 1.29 is 84.3 Å². The number of hydrogen-bond acceptors (Lipinski definition) is 3. The normalized spacial score (nSPS) is 1.00. The Morgan fingerprint density at radius 1 is 1.00 bits per heavy atom. The summed E-state index contributed by atoms with van der Waals surface area (Å²) < 4.78 is 0. The minimum atomic E-state index is 0. The van der Waals surface area contributed by atoms with Crippen LogP contribution in [0.2, 0.25) is 0 Å². The molecule has 0 aliphatic heterocycles. The van der Waals surface area contributed by atoms with Crippen LogP contribution in [0.5, 0.6) is 0 Å². The van der Waals surface area contributed by atoms with Crippen molar-refractivity contribution in [2.75, 3.05) is 0 Å². The smallest absolute Gasteiger partial charge is 0.870 e. The topological polar surface area (TPSA) is 70.5 Å². The van der Waals surface area contributed by atoms with E-state index in [9.17, 15) is 0 Å². The van der Waals surface area contributed by atoms with Crippen molar-refractivity contribution in [3.8, 4) is 0 Å². The molecule has 0 atom stereocenters. The second kappa shape index (κ2) is 59.5. The van der Waals surface area contributed by atoms with Gasteiger partial charge in [-0.2, -0.15) is 0 Å². The zero-order valence-corrected chi connectivity index (χ0v) is 7.86. The fourth-order valence-electron chi connectivity index (χ4n) is 0. The molecule has 0 heterocycles. The van der Waals surface area contributed by atoms with Crippen molar-refractivity contribution >= 4 is 0 Å². The van der Waals surface area contributed by atoms with Gasteiger partial charge in [-0.05, 0) is 0 Å². The molecule has 0 rings (SSSR count). The van der Waals surface area contributed by atoms with Gasteiger partial charge in [-0.25, -0.2) is 0 Å². The van der Waals surface area contributed by atoms with Crippen molar-refractivity contribution in [1.82, 2.24) is 0 Å². The van der Waals surface area contributed by atoms with E-state index in [4.69, 9.17) is 10.5 Å². The summed E-state index contributed by atoms with van der Waals surface area (Å²) in [6.45, 7) is 0. The van der Waals surface area contributed by atoms with Gasteiger partial charge < -0.3 is 5.48 Å². The van der Waals surface area contributed by atoms with Gasteiger partial charge in [0.2, 0.25) is 0 Å². The van der Waals surface area contributed by atoms with Gasteiger partial charge in [-0.1, -0.05) is 0 Å². The Bertz CT molecular complexity index is 10.8. The van der Waals surface area contributed by atoms with Crippen LogP contribution in [-0.2, 0) is 38.8 Å². The van der Waals surface area contributed by atoms with Gasteiger partial charge in [-0.3, -0.25) is 10.5 Å². The van der Waals surface area contributed by atoms with Crippen LogP contribution in [0.25, 0.3) is 0 Å². The van der Waals surface area contributed by atoms with E-state index in [1.54, 1.807) is 0 Å². The Balaban J connectivity index is -0.000000000833. The summed E-state index contributed by atoms with van der Waals surface area (Å²) in [4.78, 5) is 0. The summed E-state index contributed by atoms with van der Waals surface area (Å²) in [5.74, 6) is 0. The first kappa shape index (κ1) is 42.3. The third-order valence-corrected chi connectivity index (χ3v) is 0. The number of hydrogen-bond donors (Lipinski definition) is 2. The maximum Gasteiger partial charge on any atom is 1.00 e. The molecule has 0 saturated carbocycles. The van der Waals surface area contributed by atoms with Crippen LogP contribution in [0, 0.1) is 0 Å². The Labute approximate surface area is 83.4 Å². The van der Waals surface area contributed by atoms with Crippen LogP contribution in [0.1, 0.15) is 0 Å². The van der Waals surface area contributed by atoms with Gasteiger partial charge in [0.15, 0.2) is 0 Å². The van der Waals surface area contributed by atoms with E-state index in [-0.39, 0.29) is 73.8 Å². The second-order valence-electron chi connectivity index (χ2n) is 0. The van der Waals surface area contributed by atoms with E-state index in [1.807, 2.05) is 0 Å². The Hall–Kier alpha value is 2.11. The Morgan fingerprint density at radius 3 is 1.00 bits per heavy atom. The molecule has 0 aromatic rings. The molecule has 3 N–H and O–H groups in total. The monoisotopic (exact) mass is 178 g/mol. The van der Waals surface area contributed by atoms with Crippen molar-refractivity contribution in [2.45, 2.75) is 0 Å². The molecule has 6 heteroatoms. The standard InChI is InChI=1S/Fe.Na.H2O2.H2O.Ti/c;;1-2;;/h;;1-2H;1H2;/q;+1;;;/p-1. The van der Waals surface area contributed by atoms with Crippen LogP contribution in [0.15, 0.2) is 0 Å². The fraction of sp³-hybridized carbons (Fsp3) is 0. The molecule has 0 saturated heterocycles. The summed E-state index contributed by atoms with van der Waals surface area (Å²) in [6, 6.07) is 0. The molecule has 0 fully saturated rings. The molecule has 0 aromatic carbocycles. The average molecular weight is 178 g/mol. The minimum absolute atomic E-state index is 0. The third kappa shape index (κ3) is 35.8. The predicted octanol–water partition coefficient (Wildman–Crippen LogP) is -3.16. The fourth-order valence-corrected chi connectivity index (χ4v) is 0. The predicted molar refractivity (Wildman–Crippen MR) is 7.19 cm³/mol. The molecule has 0 amide bonds. The SMILES string of the molecule is OO.[Fe].[Na+].[OH-].[Ti]. The quantitative estimate of drug-likeness (QED) is 0.233. The largest absolute Gasteiger partial charge is 1.00 e. The van der Waals surface area contributed by atoms with Gasteiger partial charge >= 0.3 is 29.6 Å². The molecule has 0 radical (unpaired) electrons. The zero-order chi connectivity index (χ0) is 2.00. The van der Waals surface area contributed by atoms with Crippen LogP contribution in [-0.4, -0.2) is 16.0 Å². The minimum Gasteiger partial charge on any atom is -0.870 e. The maximum atomic E-state index is 6.00. The summed E-state index contributed by atoms with van der Waals surface area (Å²) in [5.41, 5.74) is 0. The molecule has 0 bridgehead atoms. The molecule has 0 unspecified atom stereocenters. The van der Waals surface area contributed by atoms with Crippen LogP contribution < -0.4 is 29.6 Å². The first-order chi connectivity index (χ1) is 1.00. The molecule has 0 spiro atoms. The van der Waals surface area contributed by atoms with E-state index < -0.39 is 0 Å². The van der Waals surface area contributed by atoms with E-state index in [0.29, 0.717) is 0 Å². The molecule has 0 aromatic heterocycles. The summed E-state index contributed by atoms with van der Waals surface area (Å²) in [6.07, 6.45) is 0. The molecule has 0 aliphatic rings.